The van der Waals surface area contributed by atoms with Crippen molar-refractivity contribution in [2.75, 3.05) is 13.1 Å². The summed E-state index contributed by atoms with van der Waals surface area (Å²) in [5.74, 6) is -0.197. The van der Waals surface area contributed by atoms with E-state index in [9.17, 15) is 14.0 Å². The summed E-state index contributed by atoms with van der Waals surface area (Å²) in [7, 11) is 0. The molecule has 0 saturated carbocycles. The number of halogens is 1. The zero-order valence-electron chi connectivity index (χ0n) is 14.3. The van der Waals surface area contributed by atoms with Gasteiger partial charge in [0.25, 0.3) is 5.91 Å². The second kappa shape index (κ2) is 5.76. The van der Waals surface area contributed by atoms with Gasteiger partial charge in [-0.15, -0.1) is 0 Å². The Hall–Kier alpha value is -2.11. The molecule has 2 amide bonds. The highest BCUT2D eigenvalue weighted by molar-refractivity contribution is 5.96. The van der Waals surface area contributed by atoms with E-state index in [0.717, 1.165) is 5.56 Å². The Labute approximate surface area is 141 Å². The minimum Gasteiger partial charge on any atom is -0.444 e. The predicted octanol–water partition coefficient (Wildman–Crippen LogP) is 2.75. The Bertz CT molecular complexity index is 643. The molecular weight excluding hydrogens is 311 g/mol. The monoisotopic (exact) mass is 334 g/mol. The molecule has 6 heteroatoms. The van der Waals surface area contributed by atoms with E-state index in [4.69, 9.17) is 4.74 Å². The minimum absolute atomic E-state index is 0.0520. The van der Waals surface area contributed by atoms with Crippen molar-refractivity contribution in [2.45, 2.75) is 51.0 Å². The quantitative estimate of drug-likeness (QED) is 0.782. The van der Waals surface area contributed by atoms with Gasteiger partial charge in [-0.3, -0.25) is 9.69 Å². The number of alkyl halides is 1. The summed E-state index contributed by atoms with van der Waals surface area (Å²) in [6.07, 6.45) is -1.76. The molecule has 1 spiro atoms. The summed E-state index contributed by atoms with van der Waals surface area (Å²) in [5, 5.41) is 0. The third kappa shape index (κ3) is 2.97. The maximum Gasteiger partial charge on any atom is 0.411 e. The van der Waals surface area contributed by atoms with Gasteiger partial charge in [-0.2, -0.15) is 0 Å². The van der Waals surface area contributed by atoms with Gasteiger partial charge in [0.1, 0.15) is 17.3 Å². The zero-order chi connectivity index (χ0) is 17.5. The van der Waals surface area contributed by atoms with Gasteiger partial charge in [0.15, 0.2) is 0 Å². The zero-order valence-corrected chi connectivity index (χ0v) is 14.3. The highest BCUT2D eigenvalue weighted by Crippen LogP contribution is 2.41. The first-order chi connectivity index (χ1) is 11.2. The minimum atomic E-state index is -1.19. The SMILES string of the molecule is CC(C)(C)OC(=O)N1CC(F)CC12CN(Cc1ccccc1)C2=O. The van der Waals surface area contributed by atoms with Crippen LogP contribution in [0.15, 0.2) is 30.3 Å². The van der Waals surface area contributed by atoms with E-state index in [0.29, 0.717) is 13.1 Å². The first kappa shape index (κ1) is 16.7. The highest BCUT2D eigenvalue weighted by atomic mass is 19.1. The Kier molecular flexibility index (Phi) is 4.01. The van der Waals surface area contributed by atoms with Crippen LogP contribution in [0.25, 0.3) is 0 Å². The number of carbonyl (C=O) groups is 2. The fraction of sp³-hybridized carbons (Fsp3) is 0.556. The number of hydrogen-bond donors (Lipinski definition) is 0. The van der Waals surface area contributed by atoms with E-state index in [-0.39, 0.29) is 18.9 Å². The molecule has 2 aliphatic heterocycles. The van der Waals surface area contributed by atoms with Crippen LogP contribution in [0.2, 0.25) is 0 Å². The molecule has 1 aromatic rings. The van der Waals surface area contributed by atoms with Crippen LogP contribution >= 0.6 is 0 Å². The molecule has 5 nitrogen and oxygen atoms in total. The average molecular weight is 334 g/mol. The molecule has 2 aliphatic rings. The fourth-order valence-corrected chi connectivity index (χ4v) is 3.42. The summed E-state index contributed by atoms with van der Waals surface area (Å²) < 4.78 is 19.3. The largest absolute Gasteiger partial charge is 0.444 e. The Morgan fingerprint density at radius 3 is 2.58 bits per heavy atom. The third-order valence-electron chi connectivity index (χ3n) is 4.42. The second-order valence-electron chi connectivity index (χ2n) is 7.57. The van der Waals surface area contributed by atoms with E-state index >= 15 is 0 Å². The molecule has 130 valence electrons. The Morgan fingerprint density at radius 1 is 1.33 bits per heavy atom. The lowest BCUT2D eigenvalue weighted by Gasteiger charge is -2.50. The van der Waals surface area contributed by atoms with Crippen molar-refractivity contribution in [3.8, 4) is 0 Å². The van der Waals surface area contributed by atoms with Crippen LogP contribution in [0, 0.1) is 0 Å². The molecule has 2 unspecified atom stereocenters. The van der Waals surface area contributed by atoms with Crippen molar-refractivity contribution in [1.29, 1.82) is 0 Å². The number of benzene rings is 1. The van der Waals surface area contributed by atoms with Crippen molar-refractivity contribution in [3.63, 3.8) is 0 Å². The average Bonchev–Trinajstić information content (AvgIpc) is 2.85. The smallest absolute Gasteiger partial charge is 0.411 e. The lowest BCUT2D eigenvalue weighted by Crippen LogP contribution is -2.72. The predicted molar refractivity (Wildman–Crippen MR) is 87.0 cm³/mol. The normalized spacial score (nSPS) is 26.7. The van der Waals surface area contributed by atoms with Gasteiger partial charge < -0.3 is 9.64 Å². The van der Waals surface area contributed by atoms with Gasteiger partial charge >= 0.3 is 6.09 Å². The molecular formula is C18H23FN2O3. The van der Waals surface area contributed by atoms with Gasteiger partial charge in [0.05, 0.1) is 13.1 Å². The van der Waals surface area contributed by atoms with Gasteiger partial charge in [0.2, 0.25) is 0 Å². The lowest BCUT2D eigenvalue weighted by atomic mass is 9.85. The Balaban J connectivity index is 1.72. The molecule has 0 aliphatic carbocycles. The number of nitrogens with zero attached hydrogens (tertiary/aromatic N) is 2. The van der Waals surface area contributed by atoms with E-state index < -0.39 is 23.4 Å². The summed E-state index contributed by atoms with van der Waals surface area (Å²) in [6.45, 7) is 6.00. The molecule has 0 radical (unpaired) electrons. The molecule has 2 saturated heterocycles. The topological polar surface area (TPSA) is 49.9 Å². The van der Waals surface area contributed by atoms with Crippen LogP contribution in [0.1, 0.15) is 32.8 Å². The van der Waals surface area contributed by atoms with Crippen LogP contribution < -0.4 is 0 Å². The van der Waals surface area contributed by atoms with E-state index in [2.05, 4.69) is 0 Å². The highest BCUT2D eigenvalue weighted by Gasteiger charge is 2.63. The summed E-state index contributed by atoms with van der Waals surface area (Å²) in [4.78, 5) is 28.1. The van der Waals surface area contributed by atoms with Gasteiger partial charge in [-0.25, -0.2) is 9.18 Å². The Morgan fingerprint density at radius 2 is 2.00 bits per heavy atom. The number of amides is 2. The first-order valence-electron chi connectivity index (χ1n) is 8.19. The van der Waals surface area contributed by atoms with Crippen LogP contribution in [-0.4, -0.2) is 52.2 Å². The lowest BCUT2D eigenvalue weighted by molar-refractivity contribution is -0.161. The number of likely N-dealkylation sites (tertiary alicyclic amines) is 2. The molecule has 0 bridgehead atoms. The number of rotatable bonds is 2. The molecule has 1 aromatic carbocycles. The van der Waals surface area contributed by atoms with Crippen molar-refractivity contribution in [3.05, 3.63) is 35.9 Å². The molecule has 0 aromatic heterocycles. The number of β-lactam (4-membered cyclic amide) rings is 1. The molecule has 2 atom stereocenters. The van der Waals surface area contributed by atoms with Gasteiger partial charge in [0, 0.05) is 13.0 Å². The number of hydrogen-bond acceptors (Lipinski definition) is 3. The standard InChI is InChI=1S/C18H23FN2O3/c1-17(2,3)24-16(23)21-11-14(19)9-18(21)12-20(15(18)22)10-13-7-5-4-6-8-13/h4-8,14H,9-12H2,1-3H3. The van der Waals surface area contributed by atoms with Crippen LogP contribution in [0.3, 0.4) is 0 Å². The second-order valence-corrected chi connectivity index (χ2v) is 7.57. The molecule has 2 heterocycles. The van der Waals surface area contributed by atoms with Crippen molar-refractivity contribution >= 4 is 12.0 Å². The van der Waals surface area contributed by atoms with Crippen LogP contribution in [0.5, 0.6) is 0 Å². The van der Waals surface area contributed by atoms with Crippen molar-refractivity contribution in [1.82, 2.24) is 9.80 Å². The number of ether oxygens (including phenoxy) is 1. The number of carbonyl (C=O) groups excluding carboxylic acids is 2. The van der Waals surface area contributed by atoms with Gasteiger partial charge in [-0.05, 0) is 26.3 Å². The third-order valence-corrected chi connectivity index (χ3v) is 4.42. The maximum absolute atomic E-state index is 14.0. The first-order valence-corrected chi connectivity index (χ1v) is 8.19. The van der Waals surface area contributed by atoms with Crippen LogP contribution in [-0.2, 0) is 16.1 Å². The summed E-state index contributed by atoms with van der Waals surface area (Å²) in [6, 6.07) is 9.62. The van der Waals surface area contributed by atoms with E-state index in [1.54, 1.807) is 25.7 Å². The van der Waals surface area contributed by atoms with Crippen molar-refractivity contribution < 1.29 is 18.7 Å². The summed E-state index contributed by atoms with van der Waals surface area (Å²) >= 11 is 0. The summed E-state index contributed by atoms with van der Waals surface area (Å²) in [5.41, 5.74) is -0.737. The van der Waals surface area contributed by atoms with Crippen molar-refractivity contribution in [2.24, 2.45) is 0 Å². The van der Waals surface area contributed by atoms with E-state index in [1.165, 1.54) is 4.90 Å². The van der Waals surface area contributed by atoms with Gasteiger partial charge in [-0.1, -0.05) is 30.3 Å². The molecule has 0 N–H and O–H groups in total. The molecule has 2 fully saturated rings. The molecule has 3 rings (SSSR count). The molecule has 24 heavy (non-hydrogen) atoms. The maximum atomic E-state index is 14.0. The fourth-order valence-electron chi connectivity index (χ4n) is 3.42. The van der Waals surface area contributed by atoms with E-state index in [1.807, 2.05) is 30.3 Å². The van der Waals surface area contributed by atoms with Crippen LogP contribution in [0.4, 0.5) is 9.18 Å².